The average molecular weight is 223 g/mol. The molecule has 0 bridgehead atoms. The molecule has 1 aromatic rings. The first-order chi connectivity index (χ1) is 7.38. The second-order valence-electron chi connectivity index (χ2n) is 3.78. The molecule has 1 atom stereocenters. The lowest BCUT2D eigenvalue weighted by Gasteiger charge is -2.12. The van der Waals surface area contributed by atoms with Gasteiger partial charge < -0.3 is 10.1 Å². The highest BCUT2D eigenvalue weighted by Crippen LogP contribution is 2.19. The minimum absolute atomic E-state index is 0.547. The Morgan fingerprint density at radius 2 is 2.20 bits per heavy atom. The van der Waals surface area contributed by atoms with Gasteiger partial charge in [-0.2, -0.15) is 0 Å². The summed E-state index contributed by atoms with van der Waals surface area (Å²) in [6, 6.07) is 8.83. The minimum Gasteiger partial charge on any atom is -0.492 e. The molecule has 1 saturated heterocycles. The van der Waals surface area contributed by atoms with Gasteiger partial charge in [0, 0.05) is 10.9 Å². The maximum Gasteiger partial charge on any atom is 0.119 e. The van der Waals surface area contributed by atoms with Crippen LogP contribution in [-0.2, 0) is 0 Å². The number of thioether (sulfide) groups is 1. The lowest BCUT2D eigenvalue weighted by molar-refractivity contribution is 0.277. The summed E-state index contributed by atoms with van der Waals surface area (Å²) in [7, 11) is 0. The fraction of sp³-hybridized carbons (Fsp3) is 0.500. The standard InChI is InChI=1S/C12H17NOS/c1-15-12-6-4-11(5-7-12)14-9-10-3-2-8-13-10/h4-7,10,13H,2-3,8-9H2,1H3/t10-/m1/s1. The zero-order valence-corrected chi connectivity index (χ0v) is 9.85. The van der Waals surface area contributed by atoms with E-state index in [1.165, 1.54) is 17.7 Å². The molecule has 0 unspecified atom stereocenters. The summed E-state index contributed by atoms with van der Waals surface area (Å²) < 4.78 is 5.72. The molecule has 2 rings (SSSR count). The van der Waals surface area contributed by atoms with Crippen LogP contribution in [-0.4, -0.2) is 25.4 Å². The number of nitrogens with one attached hydrogen (secondary N) is 1. The van der Waals surface area contributed by atoms with Crippen molar-refractivity contribution >= 4 is 11.8 Å². The predicted molar refractivity (Wildman–Crippen MR) is 64.7 cm³/mol. The Hall–Kier alpha value is -0.670. The zero-order chi connectivity index (χ0) is 10.5. The lowest BCUT2D eigenvalue weighted by atomic mass is 10.2. The van der Waals surface area contributed by atoms with Gasteiger partial charge in [0.05, 0.1) is 0 Å². The molecule has 1 N–H and O–H groups in total. The Bertz CT molecular complexity index is 293. The van der Waals surface area contributed by atoms with Gasteiger partial charge in [0.2, 0.25) is 0 Å². The third-order valence-corrected chi connectivity index (χ3v) is 3.42. The van der Waals surface area contributed by atoms with E-state index in [9.17, 15) is 0 Å². The Balaban J connectivity index is 1.82. The van der Waals surface area contributed by atoms with E-state index in [2.05, 4.69) is 23.7 Å². The molecule has 0 radical (unpaired) electrons. The fourth-order valence-electron chi connectivity index (χ4n) is 1.77. The molecule has 0 spiro atoms. The molecule has 0 aromatic heterocycles. The van der Waals surface area contributed by atoms with Gasteiger partial charge in [-0.15, -0.1) is 11.8 Å². The van der Waals surface area contributed by atoms with Gasteiger partial charge in [-0.05, 0) is 49.9 Å². The van der Waals surface area contributed by atoms with Crippen molar-refractivity contribution in [2.75, 3.05) is 19.4 Å². The number of hydrogen-bond donors (Lipinski definition) is 1. The Morgan fingerprint density at radius 1 is 1.40 bits per heavy atom. The highest BCUT2D eigenvalue weighted by atomic mass is 32.2. The van der Waals surface area contributed by atoms with E-state index < -0.39 is 0 Å². The van der Waals surface area contributed by atoms with Gasteiger partial charge in [-0.3, -0.25) is 0 Å². The molecule has 1 fully saturated rings. The number of hydrogen-bond acceptors (Lipinski definition) is 3. The molecule has 0 aliphatic carbocycles. The van der Waals surface area contributed by atoms with E-state index in [1.54, 1.807) is 11.8 Å². The van der Waals surface area contributed by atoms with Crippen molar-refractivity contribution < 1.29 is 4.74 Å². The molecule has 0 saturated carbocycles. The largest absolute Gasteiger partial charge is 0.492 e. The first-order valence-corrected chi connectivity index (χ1v) is 6.61. The number of ether oxygens (including phenoxy) is 1. The smallest absolute Gasteiger partial charge is 0.119 e. The van der Waals surface area contributed by atoms with Crippen LogP contribution in [0.25, 0.3) is 0 Å². The van der Waals surface area contributed by atoms with E-state index in [1.807, 2.05) is 12.1 Å². The fourth-order valence-corrected chi connectivity index (χ4v) is 2.18. The maximum absolute atomic E-state index is 5.72. The summed E-state index contributed by atoms with van der Waals surface area (Å²) in [5.41, 5.74) is 0. The van der Waals surface area contributed by atoms with Crippen LogP contribution < -0.4 is 10.1 Å². The summed E-state index contributed by atoms with van der Waals surface area (Å²) in [4.78, 5) is 1.28. The third kappa shape index (κ3) is 3.14. The quantitative estimate of drug-likeness (QED) is 0.793. The summed E-state index contributed by atoms with van der Waals surface area (Å²) in [6.45, 7) is 1.93. The van der Waals surface area contributed by atoms with Crippen LogP contribution in [0.4, 0.5) is 0 Å². The van der Waals surface area contributed by atoms with Crippen molar-refractivity contribution in [3.8, 4) is 5.75 Å². The first-order valence-electron chi connectivity index (χ1n) is 5.39. The van der Waals surface area contributed by atoms with Gasteiger partial charge in [-0.25, -0.2) is 0 Å². The zero-order valence-electron chi connectivity index (χ0n) is 9.03. The van der Waals surface area contributed by atoms with E-state index in [4.69, 9.17) is 4.74 Å². The first kappa shape index (κ1) is 10.8. The molecule has 15 heavy (non-hydrogen) atoms. The molecular weight excluding hydrogens is 206 g/mol. The molecule has 2 nitrogen and oxygen atoms in total. The van der Waals surface area contributed by atoms with Crippen molar-refractivity contribution in [1.29, 1.82) is 0 Å². The van der Waals surface area contributed by atoms with Crippen LogP contribution in [0.5, 0.6) is 5.75 Å². The highest BCUT2D eigenvalue weighted by molar-refractivity contribution is 7.98. The molecule has 1 heterocycles. The normalized spacial score (nSPS) is 20.5. The SMILES string of the molecule is CSc1ccc(OC[C@H]2CCCN2)cc1. The molecule has 1 aliphatic heterocycles. The molecule has 0 amide bonds. The molecular formula is C12H17NOS. The molecule has 1 aromatic carbocycles. The van der Waals surface area contributed by atoms with Crippen LogP contribution >= 0.6 is 11.8 Å². The molecule has 1 aliphatic rings. The van der Waals surface area contributed by atoms with Crippen molar-refractivity contribution in [2.24, 2.45) is 0 Å². The summed E-state index contributed by atoms with van der Waals surface area (Å²) in [5.74, 6) is 0.974. The van der Waals surface area contributed by atoms with Gasteiger partial charge >= 0.3 is 0 Å². The van der Waals surface area contributed by atoms with Gasteiger partial charge in [0.15, 0.2) is 0 Å². The van der Waals surface area contributed by atoms with E-state index in [0.29, 0.717) is 6.04 Å². The lowest BCUT2D eigenvalue weighted by Crippen LogP contribution is -2.28. The Kier molecular flexibility index (Phi) is 3.92. The van der Waals surface area contributed by atoms with E-state index in [0.717, 1.165) is 18.9 Å². The van der Waals surface area contributed by atoms with Crippen molar-refractivity contribution in [3.05, 3.63) is 24.3 Å². The van der Waals surface area contributed by atoms with Crippen molar-refractivity contribution in [3.63, 3.8) is 0 Å². The molecule has 3 heteroatoms. The maximum atomic E-state index is 5.72. The summed E-state index contributed by atoms with van der Waals surface area (Å²) >= 11 is 1.75. The third-order valence-electron chi connectivity index (χ3n) is 2.67. The average Bonchev–Trinajstić information content (AvgIpc) is 2.80. The number of rotatable bonds is 4. The second-order valence-corrected chi connectivity index (χ2v) is 4.66. The summed E-state index contributed by atoms with van der Waals surface area (Å²) in [6.07, 6.45) is 4.60. The van der Waals surface area contributed by atoms with E-state index in [-0.39, 0.29) is 0 Å². The van der Waals surface area contributed by atoms with Crippen LogP contribution in [0.1, 0.15) is 12.8 Å². The van der Waals surface area contributed by atoms with E-state index >= 15 is 0 Å². The topological polar surface area (TPSA) is 21.3 Å². The highest BCUT2D eigenvalue weighted by Gasteiger charge is 2.14. The van der Waals surface area contributed by atoms with Crippen molar-refractivity contribution in [1.82, 2.24) is 5.32 Å². The summed E-state index contributed by atoms with van der Waals surface area (Å²) in [5, 5.41) is 3.42. The second kappa shape index (κ2) is 5.42. The minimum atomic E-state index is 0.547. The number of benzene rings is 1. The van der Waals surface area contributed by atoms with Gasteiger partial charge in [0.25, 0.3) is 0 Å². The van der Waals surface area contributed by atoms with Gasteiger partial charge in [-0.1, -0.05) is 0 Å². The van der Waals surface area contributed by atoms with Gasteiger partial charge in [0.1, 0.15) is 12.4 Å². The van der Waals surface area contributed by atoms with Crippen LogP contribution in [0.15, 0.2) is 29.2 Å². The predicted octanol–water partition coefficient (Wildman–Crippen LogP) is 2.54. The Labute approximate surface area is 95.4 Å². The Morgan fingerprint density at radius 3 is 2.80 bits per heavy atom. The van der Waals surface area contributed by atoms with Crippen LogP contribution in [0.3, 0.4) is 0 Å². The molecule has 82 valence electrons. The van der Waals surface area contributed by atoms with Crippen molar-refractivity contribution in [2.45, 2.75) is 23.8 Å². The van der Waals surface area contributed by atoms with Crippen LogP contribution in [0.2, 0.25) is 0 Å². The monoisotopic (exact) mass is 223 g/mol. The van der Waals surface area contributed by atoms with Crippen LogP contribution in [0, 0.1) is 0 Å².